The number of carbonyl (C=O) groups excluding carboxylic acids is 1. The molecule has 0 aromatic carbocycles. The summed E-state index contributed by atoms with van der Waals surface area (Å²) in [7, 11) is -1.79. The molecule has 1 N–H and O–H groups in total. The second-order valence-electron chi connectivity index (χ2n) is 9.96. The number of Topliss-reactive ketones (excluding diaryl/α,β-unsaturated/α-hetero) is 1. The SMILES string of the molecule is CC(C)(C)[Si](C)(C)O[C@@H]1C[C@@H]2CC(=O)C[C@@H]2[C@H]1C=CCCCCCCO. The van der Waals surface area contributed by atoms with E-state index in [1.54, 1.807) is 0 Å². The molecule has 2 rings (SSSR count). The van der Waals surface area contributed by atoms with Crippen LogP contribution in [0.4, 0.5) is 0 Å². The number of fused-ring (bicyclic) bond motifs is 1. The van der Waals surface area contributed by atoms with Crippen molar-refractivity contribution in [3.63, 3.8) is 0 Å². The van der Waals surface area contributed by atoms with E-state index < -0.39 is 8.32 Å². The first-order valence-corrected chi connectivity index (χ1v) is 13.5. The van der Waals surface area contributed by atoms with Crippen LogP contribution in [0.2, 0.25) is 18.1 Å². The van der Waals surface area contributed by atoms with Crippen LogP contribution in [0.5, 0.6) is 0 Å². The summed E-state index contributed by atoms with van der Waals surface area (Å²) in [6, 6.07) is 0. The average Bonchev–Trinajstić information content (AvgIpc) is 3.01. The Labute approximate surface area is 161 Å². The molecule has 0 aliphatic heterocycles. The van der Waals surface area contributed by atoms with Crippen LogP contribution in [0, 0.1) is 17.8 Å². The molecule has 0 radical (unpaired) electrons. The van der Waals surface area contributed by atoms with Gasteiger partial charge in [-0.3, -0.25) is 4.79 Å². The molecule has 4 atom stereocenters. The molecule has 2 saturated carbocycles. The molecule has 0 aromatic rings. The van der Waals surface area contributed by atoms with Gasteiger partial charge in [0.15, 0.2) is 8.32 Å². The fourth-order valence-corrected chi connectivity index (χ4v) is 5.69. The van der Waals surface area contributed by atoms with Gasteiger partial charge in [-0.2, -0.15) is 0 Å². The van der Waals surface area contributed by atoms with Crippen LogP contribution < -0.4 is 0 Å². The number of carbonyl (C=O) groups is 1. The van der Waals surface area contributed by atoms with Crippen LogP contribution in [0.3, 0.4) is 0 Å². The summed E-state index contributed by atoms with van der Waals surface area (Å²) >= 11 is 0. The highest BCUT2D eigenvalue weighted by Crippen LogP contribution is 2.50. The summed E-state index contributed by atoms with van der Waals surface area (Å²) in [4.78, 5) is 12.0. The molecule has 0 unspecified atom stereocenters. The van der Waals surface area contributed by atoms with Crippen molar-refractivity contribution < 1.29 is 14.3 Å². The molecule has 0 saturated heterocycles. The van der Waals surface area contributed by atoms with Gasteiger partial charge in [-0.1, -0.05) is 45.8 Å². The smallest absolute Gasteiger partial charge is 0.192 e. The molecule has 2 aliphatic carbocycles. The Morgan fingerprint density at radius 2 is 1.85 bits per heavy atom. The maximum absolute atomic E-state index is 12.0. The summed E-state index contributed by atoms with van der Waals surface area (Å²) < 4.78 is 6.81. The molecule has 4 heteroatoms. The van der Waals surface area contributed by atoms with Gasteiger partial charge in [-0.05, 0) is 55.7 Å². The zero-order valence-corrected chi connectivity index (χ0v) is 18.6. The van der Waals surface area contributed by atoms with Crippen LogP contribution in [0.15, 0.2) is 12.2 Å². The summed E-state index contributed by atoms with van der Waals surface area (Å²) in [6.45, 7) is 11.9. The van der Waals surface area contributed by atoms with Gasteiger partial charge in [-0.25, -0.2) is 0 Å². The van der Waals surface area contributed by atoms with E-state index in [2.05, 4.69) is 46.0 Å². The van der Waals surface area contributed by atoms with Crippen LogP contribution in [-0.4, -0.2) is 31.9 Å². The molecule has 2 fully saturated rings. The molecule has 0 heterocycles. The number of hydrogen-bond acceptors (Lipinski definition) is 3. The Kier molecular flexibility index (Phi) is 7.70. The number of allylic oxidation sites excluding steroid dienone is 1. The predicted molar refractivity (Wildman–Crippen MR) is 111 cm³/mol. The lowest BCUT2D eigenvalue weighted by atomic mass is 9.90. The predicted octanol–water partition coefficient (Wildman–Crippen LogP) is 5.49. The Morgan fingerprint density at radius 1 is 1.15 bits per heavy atom. The first kappa shape index (κ1) is 21.8. The van der Waals surface area contributed by atoms with E-state index in [0.29, 0.717) is 36.2 Å². The largest absolute Gasteiger partial charge is 0.413 e. The van der Waals surface area contributed by atoms with Crippen molar-refractivity contribution in [2.75, 3.05) is 6.61 Å². The molecule has 0 spiro atoms. The van der Waals surface area contributed by atoms with Gasteiger partial charge < -0.3 is 9.53 Å². The van der Waals surface area contributed by atoms with E-state index in [-0.39, 0.29) is 5.04 Å². The Hall–Kier alpha value is -0.453. The number of aliphatic hydroxyl groups is 1. The van der Waals surface area contributed by atoms with Crippen molar-refractivity contribution >= 4 is 14.1 Å². The van der Waals surface area contributed by atoms with Crippen LogP contribution >= 0.6 is 0 Å². The number of unbranched alkanes of at least 4 members (excludes halogenated alkanes) is 4. The second-order valence-corrected chi connectivity index (χ2v) is 14.7. The van der Waals surface area contributed by atoms with E-state index >= 15 is 0 Å². The summed E-state index contributed by atoms with van der Waals surface area (Å²) in [5.41, 5.74) is 0. The van der Waals surface area contributed by atoms with Gasteiger partial charge in [0.1, 0.15) is 5.78 Å². The standard InChI is InChI=1S/C22H40O3Si/c1-22(2,3)26(4,5)25-21-15-17-14-18(24)16-20(17)19(21)12-10-8-6-7-9-11-13-23/h10,12,17,19-21,23H,6-9,11,13-16H2,1-5H3/t17-,19+,20-,21+/m0/s1. The highest BCUT2D eigenvalue weighted by Gasteiger charge is 2.50. The zero-order valence-electron chi connectivity index (χ0n) is 17.6. The lowest BCUT2D eigenvalue weighted by Crippen LogP contribution is -2.45. The van der Waals surface area contributed by atoms with Crippen molar-refractivity contribution in [3.05, 3.63) is 12.2 Å². The van der Waals surface area contributed by atoms with Gasteiger partial charge in [-0.15, -0.1) is 0 Å². The van der Waals surface area contributed by atoms with E-state index in [4.69, 9.17) is 9.53 Å². The minimum Gasteiger partial charge on any atom is -0.413 e. The molecular formula is C22H40O3Si. The number of aliphatic hydroxyl groups excluding tert-OH is 1. The molecule has 0 amide bonds. The summed E-state index contributed by atoms with van der Waals surface area (Å²) in [5.74, 6) is 1.91. The second kappa shape index (κ2) is 9.16. The summed E-state index contributed by atoms with van der Waals surface area (Å²) in [6.07, 6.45) is 13.1. The van der Waals surface area contributed by atoms with Gasteiger partial charge >= 0.3 is 0 Å². The first-order valence-electron chi connectivity index (χ1n) is 10.6. The zero-order chi connectivity index (χ0) is 19.4. The van der Waals surface area contributed by atoms with Crippen molar-refractivity contribution in [2.45, 2.75) is 96.4 Å². The Balaban J connectivity index is 1.97. The monoisotopic (exact) mass is 380 g/mol. The van der Waals surface area contributed by atoms with E-state index in [1.807, 2.05) is 0 Å². The van der Waals surface area contributed by atoms with Gasteiger partial charge in [0.2, 0.25) is 0 Å². The normalized spacial score (nSPS) is 29.7. The van der Waals surface area contributed by atoms with Crippen molar-refractivity contribution in [1.29, 1.82) is 0 Å². The lowest BCUT2D eigenvalue weighted by Gasteiger charge is -2.40. The lowest BCUT2D eigenvalue weighted by molar-refractivity contribution is -0.118. The van der Waals surface area contributed by atoms with Gasteiger partial charge in [0.05, 0.1) is 6.10 Å². The maximum atomic E-state index is 12.0. The van der Waals surface area contributed by atoms with E-state index in [0.717, 1.165) is 38.5 Å². The van der Waals surface area contributed by atoms with Gasteiger partial charge in [0.25, 0.3) is 0 Å². The fraction of sp³-hybridized carbons (Fsp3) is 0.864. The number of rotatable bonds is 9. The number of hydrogen-bond donors (Lipinski definition) is 1. The molecule has 0 aromatic heterocycles. The first-order chi connectivity index (χ1) is 12.2. The highest BCUT2D eigenvalue weighted by atomic mass is 28.4. The van der Waals surface area contributed by atoms with Gasteiger partial charge in [0, 0.05) is 25.4 Å². The van der Waals surface area contributed by atoms with E-state index in [9.17, 15) is 4.79 Å². The van der Waals surface area contributed by atoms with Crippen molar-refractivity contribution in [3.8, 4) is 0 Å². The quantitative estimate of drug-likeness (QED) is 0.327. The molecule has 150 valence electrons. The minimum atomic E-state index is -1.79. The molecule has 26 heavy (non-hydrogen) atoms. The van der Waals surface area contributed by atoms with Crippen LogP contribution in [-0.2, 0) is 9.22 Å². The topological polar surface area (TPSA) is 46.5 Å². The minimum absolute atomic E-state index is 0.224. The third-order valence-corrected chi connectivity index (χ3v) is 11.4. The van der Waals surface area contributed by atoms with E-state index in [1.165, 1.54) is 12.8 Å². The summed E-state index contributed by atoms with van der Waals surface area (Å²) in [5, 5.41) is 9.07. The molecule has 2 aliphatic rings. The van der Waals surface area contributed by atoms with Crippen molar-refractivity contribution in [1.82, 2.24) is 0 Å². The molecular weight excluding hydrogens is 340 g/mol. The number of ketones is 1. The maximum Gasteiger partial charge on any atom is 0.192 e. The van der Waals surface area contributed by atoms with Crippen LogP contribution in [0.1, 0.15) is 72.1 Å². The highest BCUT2D eigenvalue weighted by molar-refractivity contribution is 6.74. The third-order valence-electron chi connectivity index (χ3n) is 6.91. The van der Waals surface area contributed by atoms with Crippen molar-refractivity contribution in [2.24, 2.45) is 17.8 Å². The fourth-order valence-electron chi connectivity index (χ4n) is 4.33. The Morgan fingerprint density at radius 3 is 2.50 bits per heavy atom. The van der Waals surface area contributed by atoms with Crippen LogP contribution in [0.25, 0.3) is 0 Å². The average molecular weight is 381 g/mol. The third kappa shape index (κ3) is 5.52. The molecule has 0 bridgehead atoms. The molecule has 3 nitrogen and oxygen atoms in total. The Bertz CT molecular complexity index is 492.